The lowest BCUT2D eigenvalue weighted by molar-refractivity contribution is -0.113. The Morgan fingerprint density at radius 1 is 1.24 bits per heavy atom. The van der Waals surface area contributed by atoms with E-state index in [4.69, 9.17) is 0 Å². The summed E-state index contributed by atoms with van der Waals surface area (Å²) < 4.78 is 1.48. The van der Waals surface area contributed by atoms with Gasteiger partial charge in [-0.25, -0.2) is 0 Å². The summed E-state index contributed by atoms with van der Waals surface area (Å²) in [5.41, 5.74) is 3.52. The normalized spacial score (nSPS) is 10.6. The summed E-state index contributed by atoms with van der Waals surface area (Å²) in [6.45, 7) is 3.93. The van der Waals surface area contributed by atoms with Crippen molar-refractivity contribution >= 4 is 23.4 Å². The van der Waals surface area contributed by atoms with Crippen molar-refractivity contribution in [3.05, 3.63) is 53.6 Å². The summed E-state index contributed by atoms with van der Waals surface area (Å²) in [5, 5.41) is 24.4. The van der Waals surface area contributed by atoms with Gasteiger partial charge in [0.1, 0.15) is 5.75 Å². The molecule has 0 spiro atoms. The third-order valence-electron chi connectivity index (χ3n) is 3.51. The van der Waals surface area contributed by atoms with Crippen LogP contribution in [0.3, 0.4) is 0 Å². The molecule has 3 aromatic rings. The van der Waals surface area contributed by atoms with Crippen molar-refractivity contribution in [2.75, 3.05) is 11.1 Å². The largest absolute Gasteiger partial charge is 0.508 e. The number of aromatic hydroxyl groups is 1. The van der Waals surface area contributed by atoms with Crippen molar-refractivity contribution in [2.24, 2.45) is 0 Å². The van der Waals surface area contributed by atoms with Crippen LogP contribution in [0.15, 0.2) is 47.6 Å². The summed E-state index contributed by atoms with van der Waals surface area (Å²) in [6.07, 6.45) is 0. The second kappa shape index (κ2) is 7.35. The average Bonchev–Trinajstić information content (AvgIpc) is 3.05. The van der Waals surface area contributed by atoms with Gasteiger partial charge in [-0.3, -0.25) is 4.79 Å². The van der Waals surface area contributed by atoms with Crippen LogP contribution in [-0.2, 0) is 4.79 Å². The van der Waals surface area contributed by atoms with Gasteiger partial charge in [0, 0.05) is 11.8 Å². The van der Waals surface area contributed by atoms with Crippen LogP contribution >= 0.6 is 11.8 Å². The van der Waals surface area contributed by atoms with E-state index in [-0.39, 0.29) is 17.4 Å². The fraction of sp³-hybridized carbons (Fsp3) is 0.176. The Bertz CT molecular complexity index is 910. The third kappa shape index (κ3) is 4.16. The third-order valence-corrected chi connectivity index (χ3v) is 4.43. The number of thioether (sulfide) groups is 1. The highest BCUT2D eigenvalue weighted by Gasteiger charge is 2.12. The minimum atomic E-state index is -0.135. The van der Waals surface area contributed by atoms with Crippen molar-refractivity contribution in [1.29, 1.82) is 0 Å². The molecule has 0 aliphatic rings. The van der Waals surface area contributed by atoms with Gasteiger partial charge in [-0.2, -0.15) is 4.68 Å². The number of rotatable bonds is 5. The summed E-state index contributed by atoms with van der Waals surface area (Å²) in [6, 6.07) is 12.5. The predicted octanol–water partition coefficient (Wildman–Crippen LogP) is 2.72. The minimum absolute atomic E-state index is 0.122. The number of carbonyl (C=O) groups excluding carboxylic acids is 1. The van der Waals surface area contributed by atoms with Crippen LogP contribution in [0.5, 0.6) is 5.75 Å². The van der Waals surface area contributed by atoms with Crippen LogP contribution in [-0.4, -0.2) is 37.0 Å². The highest BCUT2D eigenvalue weighted by Crippen LogP contribution is 2.22. The quantitative estimate of drug-likeness (QED) is 0.684. The first-order valence-electron chi connectivity index (χ1n) is 7.60. The fourth-order valence-corrected chi connectivity index (χ4v) is 2.93. The van der Waals surface area contributed by atoms with Gasteiger partial charge in [0.2, 0.25) is 11.1 Å². The zero-order valence-corrected chi connectivity index (χ0v) is 14.6. The SMILES string of the molecule is Cc1ccc(C)c(NC(=O)CSc2nnnn2-c2cccc(O)c2)c1. The molecule has 0 atom stereocenters. The number of amides is 1. The molecule has 0 saturated carbocycles. The standard InChI is InChI=1S/C17H17N5O2S/c1-11-6-7-12(2)15(8-11)18-16(24)10-25-17-19-20-21-22(17)13-4-3-5-14(23)9-13/h3-9,23H,10H2,1-2H3,(H,18,24). The lowest BCUT2D eigenvalue weighted by Gasteiger charge is -2.09. The molecule has 0 unspecified atom stereocenters. The molecule has 0 saturated heterocycles. The van der Waals surface area contributed by atoms with Crippen molar-refractivity contribution < 1.29 is 9.90 Å². The molecule has 3 rings (SSSR count). The van der Waals surface area contributed by atoms with Crippen molar-refractivity contribution in [2.45, 2.75) is 19.0 Å². The van der Waals surface area contributed by atoms with Gasteiger partial charge in [0.05, 0.1) is 11.4 Å². The van der Waals surface area contributed by atoms with E-state index in [1.54, 1.807) is 24.3 Å². The van der Waals surface area contributed by atoms with E-state index in [0.29, 0.717) is 10.8 Å². The summed E-state index contributed by atoms with van der Waals surface area (Å²) in [7, 11) is 0. The first-order chi connectivity index (χ1) is 12.0. The van der Waals surface area contributed by atoms with Crippen LogP contribution in [0.25, 0.3) is 5.69 Å². The van der Waals surface area contributed by atoms with Gasteiger partial charge >= 0.3 is 0 Å². The molecule has 0 fully saturated rings. The lowest BCUT2D eigenvalue weighted by atomic mass is 10.1. The van der Waals surface area contributed by atoms with E-state index in [2.05, 4.69) is 20.8 Å². The number of anilines is 1. The number of aryl methyl sites for hydroxylation is 2. The molecule has 0 aliphatic heterocycles. The molecule has 8 heteroatoms. The number of aromatic nitrogens is 4. The van der Waals surface area contributed by atoms with E-state index in [1.165, 1.54) is 16.4 Å². The Morgan fingerprint density at radius 2 is 2.08 bits per heavy atom. The molecular weight excluding hydrogens is 338 g/mol. The minimum Gasteiger partial charge on any atom is -0.508 e. The average molecular weight is 355 g/mol. The van der Waals surface area contributed by atoms with Crippen molar-refractivity contribution in [3.63, 3.8) is 0 Å². The molecule has 1 aromatic heterocycles. The molecule has 2 aromatic carbocycles. The van der Waals surface area contributed by atoms with Gasteiger partial charge in [0.15, 0.2) is 0 Å². The smallest absolute Gasteiger partial charge is 0.234 e. The molecule has 7 nitrogen and oxygen atoms in total. The Kier molecular flexibility index (Phi) is 4.99. The molecule has 25 heavy (non-hydrogen) atoms. The monoisotopic (exact) mass is 355 g/mol. The first-order valence-corrected chi connectivity index (χ1v) is 8.59. The Hall–Kier alpha value is -2.87. The van der Waals surface area contributed by atoms with Crippen LogP contribution in [0.1, 0.15) is 11.1 Å². The second-order valence-corrected chi connectivity index (χ2v) is 6.49. The van der Waals surface area contributed by atoms with Crippen LogP contribution in [0.2, 0.25) is 0 Å². The number of carbonyl (C=O) groups is 1. The first kappa shape index (κ1) is 17.0. The van der Waals surface area contributed by atoms with Gasteiger partial charge < -0.3 is 10.4 Å². The molecular formula is C17H17N5O2S. The second-order valence-electron chi connectivity index (χ2n) is 5.55. The maximum atomic E-state index is 12.2. The highest BCUT2D eigenvalue weighted by molar-refractivity contribution is 7.99. The number of phenols is 1. The summed E-state index contributed by atoms with van der Waals surface area (Å²) >= 11 is 1.22. The zero-order chi connectivity index (χ0) is 17.8. The molecule has 1 heterocycles. The Balaban J connectivity index is 1.67. The molecule has 1 amide bonds. The Labute approximate surface area is 149 Å². The summed E-state index contributed by atoms with van der Waals surface area (Å²) in [4.78, 5) is 12.2. The number of hydrogen-bond donors (Lipinski definition) is 2. The number of nitrogens with zero attached hydrogens (tertiary/aromatic N) is 4. The number of tetrazole rings is 1. The van der Waals surface area contributed by atoms with E-state index >= 15 is 0 Å². The Morgan fingerprint density at radius 3 is 2.88 bits per heavy atom. The maximum absolute atomic E-state index is 12.2. The molecule has 0 aliphatic carbocycles. The van der Waals surface area contributed by atoms with E-state index in [9.17, 15) is 9.90 Å². The predicted molar refractivity (Wildman–Crippen MR) is 96.1 cm³/mol. The number of phenolic OH excluding ortho intramolecular Hbond substituents is 1. The lowest BCUT2D eigenvalue weighted by Crippen LogP contribution is -2.15. The zero-order valence-electron chi connectivity index (χ0n) is 13.8. The molecule has 0 bridgehead atoms. The van der Waals surface area contributed by atoms with Crippen LogP contribution < -0.4 is 5.32 Å². The van der Waals surface area contributed by atoms with Crippen LogP contribution in [0.4, 0.5) is 5.69 Å². The fourth-order valence-electron chi connectivity index (χ4n) is 2.24. The molecule has 128 valence electrons. The summed E-state index contributed by atoms with van der Waals surface area (Å²) in [5.74, 6) is 0.160. The highest BCUT2D eigenvalue weighted by atomic mass is 32.2. The van der Waals surface area contributed by atoms with Gasteiger partial charge in [-0.05, 0) is 53.6 Å². The van der Waals surface area contributed by atoms with Crippen molar-refractivity contribution in [3.8, 4) is 11.4 Å². The van der Waals surface area contributed by atoms with E-state index < -0.39 is 0 Å². The number of nitrogens with one attached hydrogen (secondary N) is 1. The van der Waals surface area contributed by atoms with Crippen molar-refractivity contribution in [1.82, 2.24) is 20.2 Å². The van der Waals surface area contributed by atoms with Gasteiger partial charge in [-0.1, -0.05) is 30.0 Å². The maximum Gasteiger partial charge on any atom is 0.234 e. The van der Waals surface area contributed by atoms with E-state index in [0.717, 1.165) is 16.8 Å². The number of hydrogen-bond acceptors (Lipinski definition) is 6. The topological polar surface area (TPSA) is 92.9 Å². The number of benzene rings is 2. The van der Waals surface area contributed by atoms with Crippen LogP contribution in [0, 0.1) is 13.8 Å². The molecule has 2 N–H and O–H groups in total. The van der Waals surface area contributed by atoms with Gasteiger partial charge in [0.25, 0.3) is 0 Å². The van der Waals surface area contributed by atoms with Gasteiger partial charge in [-0.15, -0.1) is 5.10 Å². The van der Waals surface area contributed by atoms with E-state index in [1.807, 2.05) is 32.0 Å². The molecule has 0 radical (unpaired) electrons.